The molecule has 0 amide bonds. The predicted octanol–water partition coefficient (Wildman–Crippen LogP) is 2.45. The van der Waals surface area contributed by atoms with Gasteiger partial charge in [0.1, 0.15) is 5.82 Å². The molecule has 0 aliphatic heterocycles. The zero-order chi connectivity index (χ0) is 9.42. The Bertz CT molecular complexity index is 445. The van der Waals surface area contributed by atoms with E-state index < -0.39 is 0 Å². The molecule has 68 valence electrons. The topological polar surface area (TPSA) is 41.8 Å². The van der Waals surface area contributed by atoms with Gasteiger partial charge in [-0.15, -0.1) is 0 Å². The highest BCUT2D eigenvalue weighted by Crippen LogP contribution is 2.24. The smallest absolute Gasteiger partial charge is 0.149 e. The van der Waals surface area contributed by atoms with Crippen molar-refractivity contribution in [1.29, 1.82) is 0 Å². The molecule has 0 fully saturated rings. The molecule has 2 nitrogen and oxygen atoms in total. The number of fused-ring (bicyclic) bond motifs is 1. The molecule has 2 aromatic rings. The number of rotatable bonds is 1. The van der Waals surface area contributed by atoms with Gasteiger partial charge in [-0.1, -0.05) is 6.92 Å². The van der Waals surface area contributed by atoms with E-state index in [1.807, 2.05) is 13.1 Å². The van der Waals surface area contributed by atoms with Crippen molar-refractivity contribution < 1.29 is 4.39 Å². The summed E-state index contributed by atoms with van der Waals surface area (Å²) >= 11 is 0. The minimum Gasteiger partial charge on any atom is -0.399 e. The molecule has 2 rings (SSSR count). The van der Waals surface area contributed by atoms with Gasteiger partial charge in [0.25, 0.3) is 0 Å². The zero-order valence-electron chi connectivity index (χ0n) is 7.39. The van der Waals surface area contributed by atoms with Crippen LogP contribution in [0.5, 0.6) is 0 Å². The van der Waals surface area contributed by atoms with E-state index in [1.54, 1.807) is 6.07 Å². The number of hydrogen-bond donors (Lipinski definition) is 2. The third kappa shape index (κ3) is 1.16. The van der Waals surface area contributed by atoms with Gasteiger partial charge in [0.2, 0.25) is 0 Å². The summed E-state index contributed by atoms with van der Waals surface area (Å²) in [5.74, 6) is -0.283. The molecule has 3 heteroatoms. The molecule has 3 N–H and O–H groups in total. The average molecular weight is 178 g/mol. The quantitative estimate of drug-likeness (QED) is 0.647. The second kappa shape index (κ2) is 2.76. The van der Waals surface area contributed by atoms with Gasteiger partial charge in [-0.2, -0.15) is 0 Å². The average Bonchev–Trinajstić information content (AvgIpc) is 2.47. The number of aryl methyl sites for hydroxylation is 1. The zero-order valence-corrected chi connectivity index (χ0v) is 7.39. The summed E-state index contributed by atoms with van der Waals surface area (Å²) in [7, 11) is 0. The Morgan fingerprint density at radius 3 is 2.92 bits per heavy atom. The van der Waals surface area contributed by atoms with Crippen molar-refractivity contribution in [3.63, 3.8) is 0 Å². The summed E-state index contributed by atoms with van der Waals surface area (Å²) in [5.41, 5.74) is 7.67. The number of H-pyrrole nitrogens is 1. The SMILES string of the molecule is CCc1c[nH]c2c(F)cc(N)cc12. The van der Waals surface area contributed by atoms with E-state index in [4.69, 9.17) is 5.73 Å². The Balaban J connectivity index is 2.82. The van der Waals surface area contributed by atoms with Gasteiger partial charge >= 0.3 is 0 Å². The third-order valence-electron chi connectivity index (χ3n) is 2.23. The molecule has 0 bridgehead atoms. The number of nitrogens with one attached hydrogen (secondary N) is 1. The highest BCUT2D eigenvalue weighted by Gasteiger charge is 2.06. The van der Waals surface area contributed by atoms with Crippen molar-refractivity contribution in [3.05, 3.63) is 29.7 Å². The highest BCUT2D eigenvalue weighted by molar-refractivity contribution is 5.86. The number of nitrogens with two attached hydrogens (primary N) is 1. The summed E-state index contributed by atoms with van der Waals surface area (Å²) in [5, 5.41) is 0.889. The van der Waals surface area contributed by atoms with Gasteiger partial charge < -0.3 is 10.7 Å². The molecule has 0 saturated carbocycles. The van der Waals surface area contributed by atoms with Gasteiger partial charge in [0.05, 0.1) is 5.52 Å². The van der Waals surface area contributed by atoms with Crippen LogP contribution in [-0.2, 0) is 6.42 Å². The van der Waals surface area contributed by atoms with Crippen LogP contribution in [0.4, 0.5) is 10.1 Å². The lowest BCUT2D eigenvalue weighted by molar-refractivity contribution is 0.638. The maximum absolute atomic E-state index is 13.3. The second-order valence-electron chi connectivity index (χ2n) is 3.09. The van der Waals surface area contributed by atoms with E-state index in [9.17, 15) is 4.39 Å². The van der Waals surface area contributed by atoms with Gasteiger partial charge in [-0.3, -0.25) is 0 Å². The number of nitrogen functional groups attached to an aromatic ring is 1. The largest absolute Gasteiger partial charge is 0.399 e. The summed E-state index contributed by atoms with van der Waals surface area (Å²) in [6.07, 6.45) is 2.70. The molecule has 0 aliphatic rings. The van der Waals surface area contributed by atoms with Gasteiger partial charge in [0.15, 0.2) is 0 Å². The molecule has 1 aromatic heterocycles. The fourth-order valence-corrected chi connectivity index (χ4v) is 1.56. The van der Waals surface area contributed by atoms with E-state index in [-0.39, 0.29) is 5.82 Å². The number of anilines is 1. The maximum Gasteiger partial charge on any atom is 0.149 e. The highest BCUT2D eigenvalue weighted by atomic mass is 19.1. The number of aromatic nitrogens is 1. The van der Waals surface area contributed by atoms with Crippen LogP contribution in [0.1, 0.15) is 12.5 Å². The van der Waals surface area contributed by atoms with E-state index in [0.29, 0.717) is 11.2 Å². The fourth-order valence-electron chi connectivity index (χ4n) is 1.56. The molecule has 0 spiro atoms. The molecule has 0 saturated heterocycles. The molecule has 13 heavy (non-hydrogen) atoms. The number of benzene rings is 1. The number of hydrogen-bond acceptors (Lipinski definition) is 1. The Labute approximate surface area is 75.6 Å². The van der Waals surface area contributed by atoms with Crippen molar-refractivity contribution in [2.75, 3.05) is 5.73 Å². The second-order valence-corrected chi connectivity index (χ2v) is 3.09. The normalized spacial score (nSPS) is 10.9. The van der Waals surface area contributed by atoms with E-state index in [0.717, 1.165) is 17.4 Å². The van der Waals surface area contributed by atoms with Crippen molar-refractivity contribution in [3.8, 4) is 0 Å². The number of halogens is 1. The van der Waals surface area contributed by atoms with Crippen molar-refractivity contribution in [2.24, 2.45) is 0 Å². The van der Waals surface area contributed by atoms with Crippen LogP contribution in [0.2, 0.25) is 0 Å². The van der Waals surface area contributed by atoms with Crippen LogP contribution >= 0.6 is 0 Å². The van der Waals surface area contributed by atoms with E-state index in [1.165, 1.54) is 6.07 Å². The van der Waals surface area contributed by atoms with Crippen LogP contribution < -0.4 is 5.73 Å². The first-order valence-electron chi connectivity index (χ1n) is 4.27. The van der Waals surface area contributed by atoms with Crippen LogP contribution in [-0.4, -0.2) is 4.98 Å². The van der Waals surface area contributed by atoms with Crippen molar-refractivity contribution >= 4 is 16.6 Å². The first-order chi connectivity index (χ1) is 6.22. The summed E-state index contributed by atoms with van der Waals surface area (Å²) in [6.45, 7) is 2.03. The minimum atomic E-state index is -0.283. The Morgan fingerprint density at radius 2 is 2.23 bits per heavy atom. The monoisotopic (exact) mass is 178 g/mol. The lowest BCUT2D eigenvalue weighted by Crippen LogP contribution is -1.87. The lowest BCUT2D eigenvalue weighted by Gasteiger charge is -1.97. The Kier molecular flexibility index (Phi) is 1.72. The molecule has 0 radical (unpaired) electrons. The van der Waals surface area contributed by atoms with E-state index in [2.05, 4.69) is 4.98 Å². The molecule has 0 aliphatic carbocycles. The molecule has 0 atom stereocenters. The van der Waals surface area contributed by atoms with Crippen LogP contribution in [0, 0.1) is 5.82 Å². The summed E-state index contributed by atoms with van der Waals surface area (Å²) < 4.78 is 13.3. The van der Waals surface area contributed by atoms with Gasteiger partial charge in [0, 0.05) is 17.3 Å². The standard InChI is InChI=1S/C10H11FN2/c1-2-6-5-13-10-8(6)3-7(12)4-9(10)11/h3-5,13H,2,12H2,1H3. The molecular weight excluding hydrogens is 167 g/mol. The first-order valence-corrected chi connectivity index (χ1v) is 4.27. The van der Waals surface area contributed by atoms with Crippen LogP contribution in [0.15, 0.2) is 18.3 Å². The molecule has 1 aromatic carbocycles. The summed E-state index contributed by atoms with van der Waals surface area (Å²) in [6, 6.07) is 3.13. The van der Waals surface area contributed by atoms with E-state index >= 15 is 0 Å². The molecule has 0 unspecified atom stereocenters. The molecule has 1 heterocycles. The molecular formula is C10H11FN2. The van der Waals surface area contributed by atoms with Crippen LogP contribution in [0.25, 0.3) is 10.9 Å². The van der Waals surface area contributed by atoms with Crippen LogP contribution in [0.3, 0.4) is 0 Å². The Hall–Kier alpha value is -1.51. The summed E-state index contributed by atoms with van der Waals surface area (Å²) in [4.78, 5) is 2.90. The van der Waals surface area contributed by atoms with Gasteiger partial charge in [-0.05, 0) is 24.1 Å². The minimum absolute atomic E-state index is 0.283. The fraction of sp³-hybridized carbons (Fsp3) is 0.200. The Morgan fingerprint density at radius 1 is 1.46 bits per heavy atom. The third-order valence-corrected chi connectivity index (χ3v) is 2.23. The first kappa shape index (κ1) is 8.10. The van der Waals surface area contributed by atoms with Gasteiger partial charge in [-0.25, -0.2) is 4.39 Å². The lowest BCUT2D eigenvalue weighted by atomic mass is 10.1. The maximum atomic E-state index is 13.3. The van der Waals surface area contributed by atoms with Crippen molar-refractivity contribution in [2.45, 2.75) is 13.3 Å². The predicted molar refractivity (Wildman–Crippen MR) is 52.0 cm³/mol. The van der Waals surface area contributed by atoms with Crippen molar-refractivity contribution in [1.82, 2.24) is 4.98 Å². The number of aromatic amines is 1.